The number of sulfonamides is 1. The number of carbonyl (C=O) groups is 1. The van der Waals surface area contributed by atoms with Gasteiger partial charge in [-0.1, -0.05) is 26.0 Å². The molecule has 1 heterocycles. The first kappa shape index (κ1) is 18.8. The van der Waals surface area contributed by atoms with E-state index in [0.29, 0.717) is 18.0 Å². The first-order valence-electron chi connectivity index (χ1n) is 9.35. The number of benzene rings is 2. The van der Waals surface area contributed by atoms with Crippen molar-refractivity contribution in [2.24, 2.45) is 5.92 Å². The molecule has 0 spiro atoms. The number of fused-ring (bicyclic) bond motifs is 1. The number of carbonyl (C=O) groups excluding carboxylic acids is 1. The quantitative estimate of drug-likeness (QED) is 0.833. The number of para-hydroxylation sites is 2. The first-order chi connectivity index (χ1) is 13.2. The summed E-state index contributed by atoms with van der Waals surface area (Å²) in [6.07, 6.45) is 1.89. The molecule has 0 bridgehead atoms. The summed E-state index contributed by atoms with van der Waals surface area (Å²) in [4.78, 5) is 14.6. The van der Waals surface area contributed by atoms with Crippen molar-refractivity contribution in [3.63, 3.8) is 0 Å². The Bertz CT molecular complexity index is 1040. The highest BCUT2D eigenvalue weighted by molar-refractivity contribution is 7.92. The third kappa shape index (κ3) is 3.24. The maximum atomic E-state index is 13.0. The molecule has 1 saturated carbocycles. The van der Waals surface area contributed by atoms with Crippen molar-refractivity contribution < 1.29 is 17.9 Å². The van der Waals surface area contributed by atoms with E-state index in [9.17, 15) is 13.2 Å². The van der Waals surface area contributed by atoms with Crippen molar-refractivity contribution in [3.8, 4) is 5.75 Å². The molecule has 0 atom stereocenters. The molecule has 148 valence electrons. The lowest BCUT2D eigenvalue weighted by Gasteiger charge is -2.20. The standard InChI is InChI=1S/C21H24N2O4S/c1-21(2)13-23(20(24)14-8-9-14)18-11-10-15(12-16(18)21)28(25,26)22-17-6-4-5-7-19(17)27-3/h4-7,10-12,14,22H,8-9,13H2,1-3H3. The van der Waals surface area contributed by atoms with Gasteiger partial charge in [-0.3, -0.25) is 9.52 Å². The molecule has 4 rings (SSSR count). The van der Waals surface area contributed by atoms with Gasteiger partial charge in [0, 0.05) is 23.6 Å². The van der Waals surface area contributed by atoms with Gasteiger partial charge in [-0.2, -0.15) is 0 Å². The van der Waals surface area contributed by atoms with Gasteiger partial charge in [0.05, 0.1) is 17.7 Å². The van der Waals surface area contributed by atoms with Gasteiger partial charge in [0.1, 0.15) is 5.75 Å². The molecule has 1 aliphatic heterocycles. The minimum absolute atomic E-state index is 0.123. The van der Waals surface area contributed by atoms with Gasteiger partial charge >= 0.3 is 0 Å². The normalized spacial score (nSPS) is 17.9. The third-order valence-corrected chi connectivity index (χ3v) is 6.76. The zero-order valence-electron chi connectivity index (χ0n) is 16.2. The Morgan fingerprint density at radius 2 is 1.89 bits per heavy atom. The summed E-state index contributed by atoms with van der Waals surface area (Å²) in [6.45, 7) is 4.65. The number of nitrogens with one attached hydrogen (secondary N) is 1. The Hall–Kier alpha value is -2.54. The van der Waals surface area contributed by atoms with Gasteiger partial charge < -0.3 is 9.64 Å². The Morgan fingerprint density at radius 1 is 1.18 bits per heavy atom. The highest BCUT2D eigenvalue weighted by Crippen LogP contribution is 2.44. The van der Waals surface area contributed by atoms with E-state index in [0.717, 1.165) is 24.1 Å². The highest BCUT2D eigenvalue weighted by atomic mass is 32.2. The summed E-state index contributed by atoms with van der Waals surface area (Å²) in [5.41, 5.74) is 1.77. The van der Waals surface area contributed by atoms with E-state index in [-0.39, 0.29) is 22.1 Å². The number of methoxy groups -OCH3 is 1. The second kappa shape index (κ2) is 6.51. The molecular weight excluding hydrogens is 376 g/mol. The smallest absolute Gasteiger partial charge is 0.262 e. The monoisotopic (exact) mass is 400 g/mol. The maximum Gasteiger partial charge on any atom is 0.262 e. The predicted octanol–water partition coefficient (Wildman–Crippen LogP) is 3.53. The topological polar surface area (TPSA) is 75.7 Å². The summed E-state index contributed by atoms with van der Waals surface area (Å²) in [7, 11) is -2.30. The molecule has 7 heteroatoms. The minimum atomic E-state index is -3.79. The van der Waals surface area contributed by atoms with E-state index < -0.39 is 10.0 Å². The largest absolute Gasteiger partial charge is 0.495 e. The van der Waals surface area contributed by atoms with E-state index in [2.05, 4.69) is 4.72 Å². The molecule has 2 aromatic carbocycles. The zero-order chi connectivity index (χ0) is 20.1. The fourth-order valence-electron chi connectivity index (χ4n) is 3.71. The van der Waals surface area contributed by atoms with Crippen LogP contribution in [-0.4, -0.2) is 28.0 Å². The molecule has 6 nitrogen and oxygen atoms in total. The maximum absolute atomic E-state index is 13.0. The van der Waals surface area contributed by atoms with Crippen molar-refractivity contribution in [2.45, 2.75) is 37.0 Å². The summed E-state index contributed by atoms with van der Waals surface area (Å²) < 4.78 is 33.8. The number of ether oxygens (including phenoxy) is 1. The van der Waals surface area contributed by atoms with Crippen LogP contribution in [0.4, 0.5) is 11.4 Å². The van der Waals surface area contributed by atoms with Gasteiger partial charge in [0.15, 0.2) is 0 Å². The molecule has 2 aliphatic rings. The minimum Gasteiger partial charge on any atom is -0.495 e. The van der Waals surface area contributed by atoms with E-state index >= 15 is 0 Å². The van der Waals surface area contributed by atoms with Gasteiger partial charge in [-0.25, -0.2) is 8.42 Å². The first-order valence-corrected chi connectivity index (χ1v) is 10.8. The van der Waals surface area contributed by atoms with Crippen LogP contribution in [0.1, 0.15) is 32.3 Å². The van der Waals surface area contributed by atoms with Crippen LogP contribution < -0.4 is 14.4 Å². The summed E-state index contributed by atoms with van der Waals surface area (Å²) in [5, 5.41) is 0. The van der Waals surface area contributed by atoms with Gasteiger partial charge in [-0.05, 0) is 48.7 Å². The van der Waals surface area contributed by atoms with Crippen molar-refractivity contribution >= 4 is 27.3 Å². The molecule has 0 aromatic heterocycles. The fourth-order valence-corrected chi connectivity index (χ4v) is 4.80. The lowest BCUT2D eigenvalue weighted by Crippen LogP contribution is -2.34. The molecule has 1 aliphatic carbocycles. The number of amides is 1. The van der Waals surface area contributed by atoms with E-state index in [1.54, 1.807) is 42.5 Å². The Labute approximate surface area is 165 Å². The molecule has 1 fully saturated rings. The van der Waals surface area contributed by atoms with Crippen LogP contribution in [0.3, 0.4) is 0 Å². The second-order valence-corrected chi connectivity index (χ2v) is 9.75. The summed E-state index contributed by atoms with van der Waals surface area (Å²) in [6, 6.07) is 11.9. The van der Waals surface area contributed by atoms with Crippen LogP contribution in [0.15, 0.2) is 47.4 Å². The molecular formula is C21H24N2O4S. The predicted molar refractivity (Wildman–Crippen MR) is 108 cm³/mol. The molecule has 2 aromatic rings. The Kier molecular flexibility index (Phi) is 4.38. The third-order valence-electron chi connectivity index (χ3n) is 5.40. The van der Waals surface area contributed by atoms with Crippen molar-refractivity contribution in [3.05, 3.63) is 48.0 Å². The average Bonchev–Trinajstić information content (AvgIpc) is 3.47. The average molecular weight is 401 g/mol. The van der Waals surface area contributed by atoms with Crippen LogP contribution in [0, 0.1) is 5.92 Å². The summed E-state index contributed by atoms with van der Waals surface area (Å²) in [5.74, 6) is 0.723. The molecule has 0 unspecified atom stereocenters. The van der Waals surface area contributed by atoms with E-state index in [1.165, 1.54) is 7.11 Å². The second-order valence-electron chi connectivity index (χ2n) is 8.07. The van der Waals surface area contributed by atoms with Gasteiger partial charge in [0.25, 0.3) is 10.0 Å². The molecule has 1 N–H and O–H groups in total. The van der Waals surface area contributed by atoms with Crippen molar-refractivity contribution in [2.75, 3.05) is 23.3 Å². The SMILES string of the molecule is COc1ccccc1NS(=O)(=O)c1ccc2c(c1)C(C)(C)CN2C(=O)C1CC1. The van der Waals surface area contributed by atoms with Crippen molar-refractivity contribution in [1.29, 1.82) is 0 Å². The lowest BCUT2D eigenvalue weighted by molar-refractivity contribution is -0.119. The lowest BCUT2D eigenvalue weighted by atomic mass is 9.87. The van der Waals surface area contributed by atoms with E-state index in [4.69, 9.17) is 4.74 Å². The number of hydrogen-bond donors (Lipinski definition) is 1. The van der Waals surface area contributed by atoms with Gasteiger partial charge in [0.2, 0.25) is 5.91 Å². The Morgan fingerprint density at radius 3 is 2.57 bits per heavy atom. The van der Waals surface area contributed by atoms with Crippen molar-refractivity contribution in [1.82, 2.24) is 0 Å². The van der Waals surface area contributed by atoms with Gasteiger partial charge in [-0.15, -0.1) is 0 Å². The number of nitrogens with zero attached hydrogens (tertiary/aromatic N) is 1. The van der Waals surface area contributed by atoms with E-state index in [1.807, 2.05) is 18.7 Å². The zero-order valence-corrected chi connectivity index (χ0v) is 17.0. The summed E-state index contributed by atoms with van der Waals surface area (Å²) >= 11 is 0. The molecule has 28 heavy (non-hydrogen) atoms. The van der Waals surface area contributed by atoms with Crippen LogP contribution in [0.2, 0.25) is 0 Å². The van der Waals surface area contributed by atoms with Crippen LogP contribution in [-0.2, 0) is 20.2 Å². The van der Waals surface area contributed by atoms with Crippen LogP contribution in [0.25, 0.3) is 0 Å². The molecule has 0 radical (unpaired) electrons. The number of rotatable bonds is 5. The van der Waals surface area contributed by atoms with Crippen LogP contribution >= 0.6 is 0 Å². The molecule has 0 saturated heterocycles. The Balaban J connectivity index is 1.69. The number of hydrogen-bond acceptors (Lipinski definition) is 4. The van der Waals surface area contributed by atoms with Crippen LogP contribution in [0.5, 0.6) is 5.75 Å². The number of anilines is 2. The molecule has 1 amide bonds. The highest BCUT2D eigenvalue weighted by Gasteiger charge is 2.43. The fraction of sp³-hybridized carbons (Fsp3) is 0.381.